The van der Waals surface area contributed by atoms with Crippen molar-refractivity contribution in [2.75, 3.05) is 5.32 Å². The zero-order valence-corrected chi connectivity index (χ0v) is 12.6. The van der Waals surface area contributed by atoms with E-state index in [1.165, 1.54) is 0 Å². The van der Waals surface area contributed by atoms with Gasteiger partial charge in [0.1, 0.15) is 4.33 Å². The van der Waals surface area contributed by atoms with Crippen molar-refractivity contribution < 1.29 is 4.79 Å². The van der Waals surface area contributed by atoms with Crippen LogP contribution in [-0.2, 0) is 4.79 Å². The number of aromatic nitrogens is 3. The van der Waals surface area contributed by atoms with Crippen molar-refractivity contribution in [3.05, 3.63) is 18.5 Å². The van der Waals surface area contributed by atoms with E-state index in [-0.39, 0.29) is 17.9 Å². The van der Waals surface area contributed by atoms with Crippen molar-refractivity contribution in [3.8, 4) is 0 Å². The third kappa shape index (κ3) is 2.36. The van der Waals surface area contributed by atoms with Gasteiger partial charge in [-0.05, 0) is 26.3 Å². The molecule has 0 bridgehead atoms. The Morgan fingerprint density at radius 2 is 2.20 bits per heavy atom. The van der Waals surface area contributed by atoms with Crippen LogP contribution in [0.25, 0.3) is 11.0 Å². The molecule has 20 heavy (non-hydrogen) atoms. The maximum absolute atomic E-state index is 11.9. The second kappa shape index (κ2) is 4.60. The summed E-state index contributed by atoms with van der Waals surface area (Å²) in [5.41, 5.74) is 1.43. The fraction of sp³-hybridized carbons (Fsp3) is 0.462. The average molecular weight is 313 g/mol. The van der Waals surface area contributed by atoms with Gasteiger partial charge in [0.15, 0.2) is 5.65 Å². The Morgan fingerprint density at radius 3 is 2.80 bits per heavy atom. The van der Waals surface area contributed by atoms with Crippen molar-refractivity contribution in [1.29, 1.82) is 0 Å². The molecule has 0 radical (unpaired) electrons. The number of hydrogen-bond acceptors (Lipinski definition) is 3. The number of fused-ring (bicyclic) bond motifs is 1. The number of nitrogens with one attached hydrogen (secondary N) is 1. The van der Waals surface area contributed by atoms with Crippen LogP contribution in [0.4, 0.5) is 5.69 Å². The Kier molecular flexibility index (Phi) is 3.14. The fourth-order valence-corrected chi connectivity index (χ4v) is 2.62. The Morgan fingerprint density at radius 1 is 1.50 bits per heavy atom. The number of carbonyl (C=O) groups excluding carboxylic acids is 1. The number of carbonyl (C=O) groups is 1. The van der Waals surface area contributed by atoms with Crippen LogP contribution in [0.2, 0.25) is 0 Å². The molecule has 0 saturated heterocycles. The predicted octanol–water partition coefficient (Wildman–Crippen LogP) is 3.14. The summed E-state index contributed by atoms with van der Waals surface area (Å²) in [6, 6.07) is 2.08. The van der Waals surface area contributed by atoms with Crippen molar-refractivity contribution >= 4 is 45.8 Å². The van der Waals surface area contributed by atoms with Gasteiger partial charge >= 0.3 is 0 Å². The molecule has 2 heterocycles. The van der Waals surface area contributed by atoms with Gasteiger partial charge in [0.2, 0.25) is 5.91 Å². The lowest BCUT2D eigenvalue weighted by atomic mass is 10.3. The molecule has 106 valence electrons. The first-order chi connectivity index (χ1) is 9.38. The molecule has 1 aliphatic rings. The highest BCUT2D eigenvalue weighted by molar-refractivity contribution is 6.52. The van der Waals surface area contributed by atoms with Crippen LogP contribution in [-0.4, -0.2) is 25.0 Å². The number of nitrogens with zero attached hydrogens (tertiary/aromatic N) is 3. The standard InChI is InChI=1S/C13H14Cl2N4O/c1-7(2)19-11-8(5-17-19)3-9(6-16-11)18-12(20)10-4-13(10,14)15/h3,5-7,10H,4H2,1-2H3,(H,18,20)/t10-/m0/s1. The number of alkyl halides is 2. The minimum absolute atomic E-state index is 0.174. The van der Waals surface area contributed by atoms with Crippen LogP contribution in [0.15, 0.2) is 18.5 Å². The van der Waals surface area contributed by atoms with E-state index in [4.69, 9.17) is 23.2 Å². The van der Waals surface area contributed by atoms with E-state index in [1.54, 1.807) is 12.4 Å². The van der Waals surface area contributed by atoms with Gasteiger partial charge in [0.25, 0.3) is 0 Å². The van der Waals surface area contributed by atoms with Gasteiger partial charge in [-0.25, -0.2) is 9.67 Å². The van der Waals surface area contributed by atoms with Gasteiger partial charge in [-0.1, -0.05) is 0 Å². The van der Waals surface area contributed by atoms with Crippen LogP contribution in [0.3, 0.4) is 0 Å². The summed E-state index contributed by atoms with van der Waals surface area (Å²) < 4.78 is 0.925. The first-order valence-electron chi connectivity index (χ1n) is 6.40. The lowest BCUT2D eigenvalue weighted by Gasteiger charge is -2.07. The normalized spacial score (nSPS) is 20.4. The molecule has 3 rings (SSSR count). The Bertz CT molecular complexity index is 680. The van der Waals surface area contributed by atoms with Crippen LogP contribution in [0.5, 0.6) is 0 Å². The molecular formula is C13H14Cl2N4O. The van der Waals surface area contributed by atoms with E-state index in [1.807, 2.05) is 24.6 Å². The molecule has 1 aliphatic carbocycles. The summed E-state index contributed by atoms with van der Waals surface area (Å²) in [6.45, 7) is 4.08. The molecule has 5 nitrogen and oxygen atoms in total. The molecular weight excluding hydrogens is 299 g/mol. The highest BCUT2D eigenvalue weighted by Crippen LogP contribution is 2.53. The molecule has 0 aliphatic heterocycles. The van der Waals surface area contributed by atoms with Crippen LogP contribution < -0.4 is 5.32 Å². The minimum Gasteiger partial charge on any atom is -0.324 e. The van der Waals surface area contributed by atoms with Crippen molar-refractivity contribution in [2.45, 2.75) is 30.6 Å². The molecule has 2 aromatic rings. The summed E-state index contributed by atoms with van der Waals surface area (Å²) >= 11 is 11.8. The Hall–Kier alpha value is -1.33. The van der Waals surface area contributed by atoms with Gasteiger partial charge < -0.3 is 5.32 Å². The summed E-state index contributed by atoms with van der Waals surface area (Å²) in [5.74, 6) is -0.521. The van der Waals surface area contributed by atoms with E-state index in [0.29, 0.717) is 12.1 Å². The lowest BCUT2D eigenvalue weighted by Crippen LogP contribution is -2.17. The van der Waals surface area contributed by atoms with Gasteiger partial charge in [-0.15, -0.1) is 23.2 Å². The predicted molar refractivity (Wildman–Crippen MR) is 79.1 cm³/mol. The Labute approximate surface area is 126 Å². The molecule has 0 unspecified atom stereocenters. The van der Waals surface area contributed by atoms with Crippen molar-refractivity contribution in [2.24, 2.45) is 5.92 Å². The van der Waals surface area contributed by atoms with Crippen molar-refractivity contribution in [3.63, 3.8) is 0 Å². The molecule has 0 aromatic carbocycles. The summed E-state index contributed by atoms with van der Waals surface area (Å²) in [5, 5.41) is 7.95. The lowest BCUT2D eigenvalue weighted by molar-refractivity contribution is -0.117. The number of anilines is 1. The smallest absolute Gasteiger partial charge is 0.230 e. The molecule has 1 fully saturated rings. The topological polar surface area (TPSA) is 59.8 Å². The SMILES string of the molecule is CC(C)n1ncc2cc(NC(=O)[C@@H]3CC3(Cl)Cl)cnc21. The number of halogens is 2. The number of amides is 1. The third-order valence-corrected chi connectivity index (χ3v) is 4.17. The van der Waals surface area contributed by atoms with E-state index in [2.05, 4.69) is 15.4 Å². The number of hydrogen-bond donors (Lipinski definition) is 1. The highest BCUT2D eigenvalue weighted by atomic mass is 35.5. The molecule has 1 N–H and O–H groups in total. The van der Waals surface area contributed by atoms with Gasteiger partial charge in [-0.2, -0.15) is 5.10 Å². The molecule has 1 atom stereocenters. The second-order valence-corrected chi connectivity index (χ2v) is 6.87. The molecule has 1 saturated carbocycles. The summed E-state index contributed by atoms with van der Waals surface area (Å²) in [7, 11) is 0. The third-order valence-electron chi connectivity index (χ3n) is 3.33. The largest absolute Gasteiger partial charge is 0.324 e. The van der Waals surface area contributed by atoms with Crippen LogP contribution in [0.1, 0.15) is 26.3 Å². The van der Waals surface area contributed by atoms with Crippen LogP contribution >= 0.6 is 23.2 Å². The summed E-state index contributed by atoms with van der Waals surface area (Å²) in [4.78, 5) is 16.3. The van der Waals surface area contributed by atoms with Gasteiger partial charge in [0.05, 0.1) is 24.0 Å². The van der Waals surface area contributed by atoms with Gasteiger partial charge in [0, 0.05) is 11.4 Å². The molecule has 1 amide bonds. The first-order valence-corrected chi connectivity index (χ1v) is 7.16. The molecule has 7 heteroatoms. The number of pyridine rings is 1. The second-order valence-electron chi connectivity index (χ2n) is 5.33. The summed E-state index contributed by atoms with van der Waals surface area (Å²) in [6.07, 6.45) is 3.85. The maximum atomic E-state index is 11.9. The number of rotatable bonds is 3. The van der Waals surface area contributed by atoms with E-state index in [0.717, 1.165) is 11.0 Å². The first kappa shape index (κ1) is 13.6. The quantitative estimate of drug-likeness (QED) is 0.886. The zero-order chi connectivity index (χ0) is 14.5. The van der Waals surface area contributed by atoms with E-state index in [9.17, 15) is 4.79 Å². The maximum Gasteiger partial charge on any atom is 0.230 e. The minimum atomic E-state index is -0.913. The van der Waals surface area contributed by atoms with E-state index >= 15 is 0 Å². The average Bonchev–Trinajstić information content (AvgIpc) is 2.84. The van der Waals surface area contributed by atoms with E-state index < -0.39 is 4.33 Å². The Balaban J connectivity index is 1.82. The fourth-order valence-electron chi connectivity index (χ4n) is 2.11. The van der Waals surface area contributed by atoms with Crippen LogP contribution in [0, 0.1) is 5.92 Å². The van der Waals surface area contributed by atoms with Crippen molar-refractivity contribution in [1.82, 2.24) is 14.8 Å². The zero-order valence-electron chi connectivity index (χ0n) is 11.1. The molecule has 0 spiro atoms. The monoisotopic (exact) mass is 312 g/mol. The molecule has 2 aromatic heterocycles. The highest BCUT2D eigenvalue weighted by Gasteiger charge is 2.56. The van der Waals surface area contributed by atoms with Gasteiger partial charge in [-0.3, -0.25) is 4.79 Å².